The highest BCUT2D eigenvalue weighted by atomic mass is 16.4. The Morgan fingerprint density at radius 3 is 2.38 bits per heavy atom. The first kappa shape index (κ1) is 13.0. The van der Waals surface area contributed by atoms with Crippen molar-refractivity contribution >= 4 is 11.9 Å². The zero-order chi connectivity index (χ0) is 12.2. The van der Waals surface area contributed by atoms with Gasteiger partial charge in [0, 0.05) is 12.0 Å². The van der Waals surface area contributed by atoms with E-state index < -0.39 is 5.97 Å². The summed E-state index contributed by atoms with van der Waals surface area (Å²) in [7, 11) is 0. The van der Waals surface area contributed by atoms with Crippen molar-refractivity contribution in [1.82, 2.24) is 5.32 Å². The normalized spacial score (nSPS) is 17.9. The van der Waals surface area contributed by atoms with Crippen LogP contribution in [0.4, 0.5) is 0 Å². The lowest BCUT2D eigenvalue weighted by atomic mass is 9.64. The summed E-state index contributed by atoms with van der Waals surface area (Å²) in [6.07, 6.45) is 3.92. The summed E-state index contributed by atoms with van der Waals surface area (Å²) in [5.74, 6) is -0.314. The van der Waals surface area contributed by atoms with Crippen LogP contribution < -0.4 is 5.32 Å². The fraction of sp³-hybridized carbons (Fsp3) is 0.833. The lowest BCUT2D eigenvalue weighted by Crippen LogP contribution is -2.46. The van der Waals surface area contributed by atoms with Gasteiger partial charge >= 0.3 is 5.97 Å². The van der Waals surface area contributed by atoms with Crippen LogP contribution in [0.5, 0.6) is 0 Å². The largest absolute Gasteiger partial charge is 0.481 e. The summed E-state index contributed by atoms with van der Waals surface area (Å²) in [5, 5.41) is 11.2. The molecule has 0 aliphatic heterocycles. The van der Waals surface area contributed by atoms with E-state index in [1.807, 2.05) is 0 Å². The van der Waals surface area contributed by atoms with Crippen LogP contribution in [0.15, 0.2) is 0 Å². The first-order valence-electron chi connectivity index (χ1n) is 5.96. The Balaban J connectivity index is 2.40. The summed E-state index contributed by atoms with van der Waals surface area (Å²) < 4.78 is 0. The standard InChI is InChI=1S/C12H21NO3/c1-9(2)8-12(5-3-6-12)11(16)13-7-4-10(14)15/h9H,3-8H2,1-2H3,(H,13,16)(H,14,15). The molecule has 16 heavy (non-hydrogen) atoms. The third-order valence-corrected chi connectivity index (χ3v) is 3.22. The molecule has 0 radical (unpaired) electrons. The number of rotatable bonds is 6. The van der Waals surface area contributed by atoms with E-state index in [-0.39, 0.29) is 24.3 Å². The van der Waals surface area contributed by atoms with E-state index in [0.717, 1.165) is 25.7 Å². The molecule has 0 unspecified atom stereocenters. The lowest BCUT2D eigenvalue weighted by molar-refractivity contribution is -0.138. The molecule has 0 bridgehead atoms. The molecule has 0 atom stereocenters. The van der Waals surface area contributed by atoms with Crippen LogP contribution in [0, 0.1) is 11.3 Å². The second-order valence-electron chi connectivity index (χ2n) is 5.13. The van der Waals surface area contributed by atoms with Gasteiger partial charge in [-0.25, -0.2) is 0 Å². The molecule has 92 valence electrons. The fourth-order valence-corrected chi connectivity index (χ4v) is 2.38. The van der Waals surface area contributed by atoms with E-state index in [2.05, 4.69) is 19.2 Å². The van der Waals surface area contributed by atoms with Crippen LogP contribution in [0.1, 0.15) is 46.0 Å². The summed E-state index contributed by atoms with van der Waals surface area (Å²) in [6, 6.07) is 0. The van der Waals surface area contributed by atoms with Crippen molar-refractivity contribution in [2.45, 2.75) is 46.0 Å². The number of hydrogen-bond acceptors (Lipinski definition) is 2. The Morgan fingerprint density at radius 1 is 1.38 bits per heavy atom. The number of amides is 1. The van der Waals surface area contributed by atoms with Crippen LogP contribution in [-0.4, -0.2) is 23.5 Å². The molecule has 4 nitrogen and oxygen atoms in total. The van der Waals surface area contributed by atoms with Gasteiger partial charge in [-0.15, -0.1) is 0 Å². The van der Waals surface area contributed by atoms with Gasteiger partial charge in [0.05, 0.1) is 6.42 Å². The first-order valence-corrected chi connectivity index (χ1v) is 5.96. The van der Waals surface area contributed by atoms with Gasteiger partial charge in [-0.3, -0.25) is 9.59 Å². The Kier molecular flexibility index (Phi) is 4.33. The summed E-state index contributed by atoms with van der Waals surface area (Å²) in [4.78, 5) is 22.3. The molecule has 1 rings (SSSR count). The third-order valence-electron chi connectivity index (χ3n) is 3.22. The van der Waals surface area contributed by atoms with Crippen molar-refractivity contribution in [1.29, 1.82) is 0 Å². The molecule has 0 saturated heterocycles. The zero-order valence-corrected chi connectivity index (χ0v) is 10.1. The number of nitrogens with one attached hydrogen (secondary N) is 1. The topological polar surface area (TPSA) is 66.4 Å². The van der Waals surface area contributed by atoms with E-state index >= 15 is 0 Å². The highest BCUT2D eigenvalue weighted by molar-refractivity contribution is 5.83. The zero-order valence-electron chi connectivity index (χ0n) is 10.1. The van der Waals surface area contributed by atoms with Crippen LogP contribution >= 0.6 is 0 Å². The Bertz CT molecular complexity index is 269. The van der Waals surface area contributed by atoms with Gasteiger partial charge in [-0.05, 0) is 25.2 Å². The van der Waals surface area contributed by atoms with Crippen LogP contribution in [-0.2, 0) is 9.59 Å². The minimum atomic E-state index is -0.869. The SMILES string of the molecule is CC(C)CC1(C(=O)NCCC(=O)O)CCC1. The van der Waals surface area contributed by atoms with E-state index in [4.69, 9.17) is 5.11 Å². The van der Waals surface area contributed by atoms with E-state index in [1.54, 1.807) is 0 Å². The fourth-order valence-electron chi connectivity index (χ4n) is 2.38. The quantitative estimate of drug-likeness (QED) is 0.727. The highest BCUT2D eigenvalue weighted by Gasteiger charge is 2.43. The van der Waals surface area contributed by atoms with Crippen LogP contribution in [0.25, 0.3) is 0 Å². The highest BCUT2D eigenvalue weighted by Crippen LogP contribution is 2.46. The first-order chi connectivity index (χ1) is 7.46. The molecule has 4 heteroatoms. The molecule has 2 N–H and O–H groups in total. The summed E-state index contributed by atoms with van der Waals surface area (Å²) in [5.41, 5.74) is -0.202. The van der Waals surface area contributed by atoms with Gasteiger partial charge in [-0.2, -0.15) is 0 Å². The van der Waals surface area contributed by atoms with Crippen molar-refractivity contribution < 1.29 is 14.7 Å². The van der Waals surface area contributed by atoms with Crippen LogP contribution in [0.3, 0.4) is 0 Å². The second-order valence-corrected chi connectivity index (χ2v) is 5.13. The van der Waals surface area contributed by atoms with Gasteiger partial charge in [0.15, 0.2) is 0 Å². The third kappa shape index (κ3) is 3.22. The molecule has 0 aromatic rings. The molecule has 0 aromatic carbocycles. The molecule has 1 aliphatic carbocycles. The molecule has 1 saturated carbocycles. The van der Waals surface area contributed by atoms with Crippen LogP contribution in [0.2, 0.25) is 0 Å². The number of hydrogen-bond donors (Lipinski definition) is 2. The van der Waals surface area contributed by atoms with Gasteiger partial charge in [0.2, 0.25) is 5.91 Å². The number of carboxylic acid groups (broad SMARTS) is 1. The molecular formula is C12H21NO3. The molecule has 0 heterocycles. The molecule has 1 aliphatic rings. The molecule has 1 amide bonds. The Morgan fingerprint density at radius 2 is 2.00 bits per heavy atom. The maximum Gasteiger partial charge on any atom is 0.305 e. The summed E-state index contributed by atoms with van der Waals surface area (Å²) >= 11 is 0. The monoisotopic (exact) mass is 227 g/mol. The van der Waals surface area contributed by atoms with Gasteiger partial charge in [-0.1, -0.05) is 20.3 Å². The molecule has 0 aromatic heterocycles. The number of carboxylic acids is 1. The Hall–Kier alpha value is -1.06. The number of carbonyl (C=O) groups excluding carboxylic acids is 1. The van der Waals surface area contributed by atoms with E-state index in [1.165, 1.54) is 0 Å². The van der Waals surface area contributed by atoms with Gasteiger partial charge in [0.25, 0.3) is 0 Å². The molecule has 0 spiro atoms. The van der Waals surface area contributed by atoms with Gasteiger partial charge in [0.1, 0.15) is 0 Å². The van der Waals surface area contributed by atoms with Crippen molar-refractivity contribution in [2.75, 3.05) is 6.54 Å². The lowest BCUT2D eigenvalue weighted by Gasteiger charge is -2.41. The van der Waals surface area contributed by atoms with Gasteiger partial charge < -0.3 is 10.4 Å². The van der Waals surface area contributed by atoms with Crippen molar-refractivity contribution in [2.24, 2.45) is 11.3 Å². The van der Waals surface area contributed by atoms with E-state index in [0.29, 0.717) is 5.92 Å². The average Bonchev–Trinajstić information content (AvgIpc) is 2.10. The Labute approximate surface area is 96.4 Å². The second kappa shape index (κ2) is 5.32. The minimum absolute atomic E-state index is 0.00347. The average molecular weight is 227 g/mol. The van der Waals surface area contributed by atoms with Crippen molar-refractivity contribution in [3.63, 3.8) is 0 Å². The molecule has 1 fully saturated rings. The molecular weight excluding hydrogens is 206 g/mol. The number of carbonyl (C=O) groups is 2. The smallest absolute Gasteiger partial charge is 0.305 e. The maximum atomic E-state index is 12.0. The minimum Gasteiger partial charge on any atom is -0.481 e. The van der Waals surface area contributed by atoms with E-state index in [9.17, 15) is 9.59 Å². The number of aliphatic carboxylic acids is 1. The van der Waals surface area contributed by atoms with Crippen molar-refractivity contribution in [3.8, 4) is 0 Å². The van der Waals surface area contributed by atoms with Crippen molar-refractivity contribution in [3.05, 3.63) is 0 Å². The predicted molar refractivity (Wildman–Crippen MR) is 61.0 cm³/mol. The summed E-state index contributed by atoms with van der Waals surface area (Å²) in [6.45, 7) is 4.48. The predicted octanol–water partition coefficient (Wildman–Crippen LogP) is 1.79. The maximum absolute atomic E-state index is 12.0.